The fourth-order valence-electron chi connectivity index (χ4n) is 3.49. The van der Waals surface area contributed by atoms with E-state index < -0.39 is 0 Å². The third-order valence-electron chi connectivity index (χ3n) is 4.79. The maximum absolute atomic E-state index is 12.4. The van der Waals surface area contributed by atoms with Gasteiger partial charge in [0.2, 0.25) is 5.91 Å². The minimum absolute atomic E-state index is 0.250. The Labute approximate surface area is 133 Å². The first kappa shape index (κ1) is 16.7. The largest absolute Gasteiger partial charge is 0.392 e. The van der Waals surface area contributed by atoms with Crippen LogP contribution in [0.3, 0.4) is 0 Å². The van der Waals surface area contributed by atoms with Gasteiger partial charge in [-0.15, -0.1) is 0 Å². The van der Waals surface area contributed by atoms with Gasteiger partial charge in [-0.05, 0) is 25.7 Å². The SMILES string of the molecule is NC(=S)CN1CCC(NC(=O)C2CCCCCCC2)CC1. The topological polar surface area (TPSA) is 58.4 Å². The molecule has 2 rings (SSSR count). The lowest BCUT2D eigenvalue weighted by atomic mass is 9.90. The predicted octanol–water partition coefficient (Wildman–Crippen LogP) is 2.21. The molecule has 5 heteroatoms. The molecule has 1 saturated heterocycles. The van der Waals surface area contributed by atoms with Crippen molar-refractivity contribution in [1.29, 1.82) is 0 Å². The summed E-state index contributed by atoms with van der Waals surface area (Å²) in [4.78, 5) is 15.3. The van der Waals surface area contributed by atoms with Gasteiger partial charge < -0.3 is 11.1 Å². The maximum atomic E-state index is 12.4. The van der Waals surface area contributed by atoms with Crippen molar-refractivity contribution in [3.8, 4) is 0 Å². The van der Waals surface area contributed by atoms with Gasteiger partial charge in [0.15, 0.2) is 0 Å². The fraction of sp³-hybridized carbons (Fsp3) is 0.875. The summed E-state index contributed by atoms with van der Waals surface area (Å²) in [6.45, 7) is 2.67. The number of hydrogen-bond acceptors (Lipinski definition) is 3. The van der Waals surface area contributed by atoms with E-state index in [-0.39, 0.29) is 5.92 Å². The summed E-state index contributed by atoms with van der Waals surface area (Å²) in [7, 11) is 0. The van der Waals surface area contributed by atoms with E-state index in [2.05, 4.69) is 10.2 Å². The van der Waals surface area contributed by atoms with Crippen LogP contribution in [0.2, 0.25) is 0 Å². The Hall–Kier alpha value is -0.680. The van der Waals surface area contributed by atoms with E-state index in [0.717, 1.165) is 38.8 Å². The van der Waals surface area contributed by atoms with Gasteiger partial charge in [-0.25, -0.2) is 0 Å². The first-order valence-electron chi connectivity index (χ1n) is 8.46. The van der Waals surface area contributed by atoms with E-state index >= 15 is 0 Å². The molecule has 0 radical (unpaired) electrons. The van der Waals surface area contributed by atoms with Crippen molar-refractivity contribution in [2.45, 2.75) is 63.8 Å². The Bertz CT molecular complexity index is 345. The van der Waals surface area contributed by atoms with Crippen molar-refractivity contribution in [1.82, 2.24) is 10.2 Å². The highest BCUT2D eigenvalue weighted by atomic mass is 32.1. The number of likely N-dealkylation sites (tertiary alicyclic amines) is 1. The van der Waals surface area contributed by atoms with Gasteiger partial charge in [-0.1, -0.05) is 44.3 Å². The van der Waals surface area contributed by atoms with E-state index in [4.69, 9.17) is 18.0 Å². The summed E-state index contributed by atoms with van der Waals surface area (Å²) in [6.07, 6.45) is 10.5. The van der Waals surface area contributed by atoms with Crippen molar-refractivity contribution >= 4 is 23.1 Å². The highest BCUT2D eigenvalue weighted by molar-refractivity contribution is 7.80. The molecule has 2 fully saturated rings. The van der Waals surface area contributed by atoms with Gasteiger partial charge in [-0.3, -0.25) is 9.69 Å². The quantitative estimate of drug-likeness (QED) is 0.782. The molecule has 0 bridgehead atoms. The van der Waals surface area contributed by atoms with E-state index in [0.29, 0.717) is 23.5 Å². The number of carbonyl (C=O) groups is 1. The van der Waals surface area contributed by atoms with Crippen molar-refractivity contribution in [3.63, 3.8) is 0 Å². The van der Waals surface area contributed by atoms with Gasteiger partial charge in [0.25, 0.3) is 0 Å². The van der Waals surface area contributed by atoms with E-state index in [1.807, 2.05) is 0 Å². The van der Waals surface area contributed by atoms with Gasteiger partial charge in [0.05, 0.1) is 4.99 Å². The summed E-state index contributed by atoms with van der Waals surface area (Å²) in [5.41, 5.74) is 5.58. The molecule has 120 valence electrons. The Morgan fingerprint density at radius 2 is 1.62 bits per heavy atom. The van der Waals surface area contributed by atoms with E-state index in [9.17, 15) is 4.79 Å². The van der Waals surface area contributed by atoms with Gasteiger partial charge in [0, 0.05) is 31.6 Å². The number of rotatable bonds is 4. The molecule has 4 nitrogen and oxygen atoms in total. The van der Waals surface area contributed by atoms with Crippen LogP contribution in [0.15, 0.2) is 0 Å². The van der Waals surface area contributed by atoms with Crippen molar-refractivity contribution in [2.24, 2.45) is 11.7 Å². The zero-order chi connectivity index (χ0) is 15.1. The number of nitrogens with zero attached hydrogens (tertiary/aromatic N) is 1. The molecule has 0 aromatic heterocycles. The Morgan fingerprint density at radius 3 is 2.19 bits per heavy atom. The van der Waals surface area contributed by atoms with Gasteiger partial charge >= 0.3 is 0 Å². The monoisotopic (exact) mass is 311 g/mol. The van der Waals surface area contributed by atoms with Crippen LogP contribution in [-0.4, -0.2) is 41.5 Å². The van der Waals surface area contributed by atoms with Crippen LogP contribution in [0.4, 0.5) is 0 Å². The number of hydrogen-bond donors (Lipinski definition) is 2. The second-order valence-electron chi connectivity index (χ2n) is 6.57. The zero-order valence-corrected chi connectivity index (χ0v) is 13.8. The molecule has 1 aliphatic heterocycles. The molecule has 0 aromatic carbocycles. The number of nitrogens with one attached hydrogen (secondary N) is 1. The molecule has 1 aliphatic carbocycles. The highest BCUT2D eigenvalue weighted by Crippen LogP contribution is 2.23. The standard InChI is InChI=1S/C16H29N3OS/c17-15(21)12-19-10-8-14(9-11-19)18-16(20)13-6-4-2-1-3-5-7-13/h13-14H,1-12H2,(H2,17,21)(H,18,20). The molecule has 0 unspecified atom stereocenters. The molecular formula is C16H29N3OS. The van der Waals surface area contributed by atoms with E-state index in [1.165, 1.54) is 32.1 Å². The second-order valence-corrected chi connectivity index (χ2v) is 7.09. The normalized spacial score (nSPS) is 23.2. The average molecular weight is 311 g/mol. The molecule has 21 heavy (non-hydrogen) atoms. The van der Waals surface area contributed by atoms with E-state index in [1.54, 1.807) is 0 Å². The van der Waals surface area contributed by atoms with Crippen LogP contribution in [0.25, 0.3) is 0 Å². The van der Waals surface area contributed by atoms with Crippen LogP contribution in [0.5, 0.6) is 0 Å². The molecule has 3 N–H and O–H groups in total. The molecule has 2 aliphatic rings. The number of piperidine rings is 1. The van der Waals surface area contributed by atoms with Crippen molar-refractivity contribution in [2.75, 3.05) is 19.6 Å². The molecule has 0 spiro atoms. The van der Waals surface area contributed by atoms with Crippen LogP contribution in [0.1, 0.15) is 57.8 Å². The number of thiocarbonyl (C=S) groups is 1. The third-order valence-corrected chi connectivity index (χ3v) is 4.92. The lowest BCUT2D eigenvalue weighted by molar-refractivity contribution is -0.126. The Morgan fingerprint density at radius 1 is 1.05 bits per heavy atom. The minimum atomic E-state index is 0.250. The average Bonchev–Trinajstić information content (AvgIpc) is 2.40. The molecule has 1 heterocycles. The molecular weight excluding hydrogens is 282 g/mol. The highest BCUT2D eigenvalue weighted by Gasteiger charge is 2.25. The Balaban J connectivity index is 1.71. The summed E-state index contributed by atoms with van der Waals surface area (Å²) in [6, 6.07) is 0.338. The lowest BCUT2D eigenvalue weighted by Crippen LogP contribution is -2.47. The van der Waals surface area contributed by atoms with Crippen molar-refractivity contribution < 1.29 is 4.79 Å². The van der Waals surface area contributed by atoms with Crippen LogP contribution < -0.4 is 11.1 Å². The second kappa shape index (κ2) is 8.69. The first-order chi connectivity index (χ1) is 10.1. The number of carbonyl (C=O) groups excluding carboxylic acids is 1. The summed E-state index contributed by atoms with van der Waals surface area (Å²) < 4.78 is 0. The molecule has 0 aromatic rings. The summed E-state index contributed by atoms with van der Waals surface area (Å²) in [5, 5.41) is 3.28. The predicted molar refractivity (Wildman–Crippen MR) is 90.2 cm³/mol. The fourth-order valence-corrected chi connectivity index (χ4v) is 3.68. The maximum Gasteiger partial charge on any atom is 0.223 e. The molecule has 0 atom stereocenters. The van der Waals surface area contributed by atoms with Crippen LogP contribution >= 0.6 is 12.2 Å². The molecule has 1 saturated carbocycles. The van der Waals surface area contributed by atoms with Crippen molar-refractivity contribution in [3.05, 3.63) is 0 Å². The summed E-state index contributed by atoms with van der Waals surface area (Å²) >= 11 is 4.95. The number of amides is 1. The van der Waals surface area contributed by atoms with Crippen LogP contribution in [-0.2, 0) is 4.79 Å². The lowest BCUT2D eigenvalue weighted by Gasteiger charge is -2.33. The van der Waals surface area contributed by atoms with Gasteiger partial charge in [0.1, 0.15) is 0 Å². The smallest absolute Gasteiger partial charge is 0.223 e. The summed E-state index contributed by atoms with van der Waals surface area (Å²) in [5.74, 6) is 0.546. The zero-order valence-electron chi connectivity index (χ0n) is 13.0. The molecule has 1 amide bonds. The number of nitrogens with two attached hydrogens (primary N) is 1. The Kier molecular flexibility index (Phi) is 6.90. The first-order valence-corrected chi connectivity index (χ1v) is 8.87. The van der Waals surface area contributed by atoms with Crippen LogP contribution in [0, 0.1) is 5.92 Å². The van der Waals surface area contributed by atoms with Gasteiger partial charge in [-0.2, -0.15) is 0 Å². The minimum Gasteiger partial charge on any atom is -0.392 e. The third kappa shape index (κ3) is 5.91.